The second-order valence-electron chi connectivity index (χ2n) is 5.02. The topological polar surface area (TPSA) is 59.1 Å². The van der Waals surface area contributed by atoms with Crippen LogP contribution in [0.25, 0.3) is 0 Å². The molecule has 2 N–H and O–H groups in total. The lowest BCUT2D eigenvalue weighted by molar-refractivity contribution is 0.417. The van der Waals surface area contributed by atoms with Crippen LogP contribution in [0.15, 0.2) is 48.7 Å². The highest BCUT2D eigenvalue weighted by molar-refractivity contribution is 6.35. The highest BCUT2D eigenvalue weighted by atomic mass is 35.5. The van der Waals surface area contributed by atoms with Gasteiger partial charge >= 0.3 is 0 Å². The van der Waals surface area contributed by atoms with Gasteiger partial charge in [0, 0.05) is 27.0 Å². The summed E-state index contributed by atoms with van der Waals surface area (Å²) in [5.41, 5.74) is 1.39. The number of anilines is 4. The number of ether oxygens (including phenoxy) is 1. The fourth-order valence-electron chi connectivity index (χ4n) is 2.16. The van der Waals surface area contributed by atoms with Crippen molar-refractivity contribution < 1.29 is 4.74 Å². The molecule has 0 fully saturated rings. The van der Waals surface area contributed by atoms with Crippen molar-refractivity contribution in [3.63, 3.8) is 0 Å². The molecule has 0 aliphatic carbocycles. The van der Waals surface area contributed by atoms with Crippen LogP contribution in [0.2, 0.25) is 15.1 Å². The molecule has 3 aromatic rings. The first-order chi connectivity index (χ1) is 12.0. The van der Waals surface area contributed by atoms with Gasteiger partial charge in [0.05, 0.1) is 12.8 Å². The molecule has 1 heterocycles. The molecule has 0 radical (unpaired) electrons. The maximum absolute atomic E-state index is 6.03. The van der Waals surface area contributed by atoms with E-state index in [0.717, 1.165) is 5.69 Å². The minimum atomic E-state index is 0.388. The molecule has 25 heavy (non-hydrogen) atoms. The number of benzene rings is 2. The van der Waals surface area contributed by atoms with Gasteiger partial charge in [0.2, 0.25) is 5.95 Å². The van der Waals surface area contributed by atoms with Crippen LogP contribution in [0.3, 0.4) is 0 Å². The number of halogens is 3. The van der Waals surface area contributed by atoms with Gasteiger partial charge in [-0.3, -0.25) is 0 Å². The van der Waals surface area contributed by atoms with Crippen molar-refractivity contribution in [2.45, 2.75) is 0 Å². The first-order valence-corrected chi connectivity index (χ1v) is 8.33. The van der Waals surface area contributed by atoms with Crippen LogP contribution in [-0.2, 0) is 0 Å². The molecule has 0 aliphatic heterocycles. The van der Waals surface area contributed by atoms with Gasteiger partial charge in [-0.15, -0.1) is 0 Å². The number of hydrogen-bond donors (Lipinski definition) is 2. The van der Waals surface area contributed by atoms with Crippen LogP contribution in [0, 0.1) is 0 Å². The first-order valence-electron chi connectivity index (χ1n) is 7.20. The molecular weight excluding hydrogens is 383 g/mol. The standard InChI is InChI=1S/C17H13Cl3N4O/c1-25-15-3-2-10(18)9-14(15)23-17-21-5-4-16(24-17)22-13-7-11(19)6-12(20)8-13/h2-9H,1H3,(H2,21,22,23,24). The number of nitrogens with one attached hydrogen (secondary N) is 2. The minimum absolute atomic E-state index is 0.388. The van der Waals surface area contributed by atoms with Crippen molar-refractivity contribution in [2.75, 3.05) is 17.7 Å². The summed E-state index contributed by atoms with van der Waals surface area (Å²) in [4.78, 5) is 8.61. The quantitative estimate of drug-likeness (QED) is 0.560. The average Bonchev–Trinajstić information content (AvgIpc) is 2.54. The van der Waals surface area contributed by atoms with E-state index in [1.165, 1.54) is 0 Å². The van der Waals surface area contributed by atoms with Gasteiger partial charge in [-0.2, -0.15) is 4.98 Å². The van der Waals surface area contributed by atoms with Crippen LogP contribution in [0.5, 0.6) is 5.75 Å². The normalized spacial score (nSPS) is 10.4. The van der Waals surface area contributed by atoms with Crippen molar-refractivity contribution in [2.24, 2.45) is 0 Å². The molecule has 0 unspecified atom stereocenters. The fraction of sp³-hybridized carbons (Fsp3) is 0.0588. The summed E-state index contributed by atoms with van der Waals surface area (Å²) >= 11 is 18.0. The van der Waals surface area contributed by atoms with E-state index in [1.807, 2.05) is 0 Å². The van der Waals surface area contributed by atoms with E-state index in [0.29, 0.717) is 38.3 Å². The molecule has 2 aromatic carbocycles. The fourth-order valence-corrected chi connectivity index (χ4v) is 2.86. The Kier molecular flexibility index (Phi) is 5.48. The van der Waals surface area contributed by atoms with Gasteiger partial charge in [0.15, 0.2) is 0 Å². The molecule has 0 aliphatic rings. The third kappa shape index (κ3) is 4.66. The first kappa shape index (κ1) is 17.6. The third-order valence-electron chi connectivity index (χ3n) is 3.20. The van der Waals surface area contributed by atoms with Crippen LogP contribution >= 0.6 is 34.8 Å². The van der Waals surface area contributed by atoms with E-state index in [1.54, 1.807) is 55.8 Å². The maximum atomic E-state index is 6.03. The molecule has 1 aromatic heterocycles. The van der Waals surface area contributed by atoms with Gasteiger partial charge in [-0.05, 0) is 42.5 Å². The second-order valence-corrected chi connectivity index (χ2v) is 6.33. The number of aromatic nitrogens is 2. The second kappa shape index (κ2) is 7.78. The zero-order chi connectivity index (χ0) is 17.8. The largest absolute Gasteiger partial charge is 0.495 e. The Bertz CT molecular complexity index is 885. The van der Waals surface area contributed by atoms with Crippen LogP contribution in [0.1, 0.15) is 0 Å². The van der Waals surface area contributed by atoms with Gasteiger partial charge < -0.3 is 15.4 Å². The monoisotopic (exact) mass is 394 g/mol. The van der Waals surface area contributed by atoms with Gasteiger partial charge in [-0.25, -0.2) is 4.98 Å². The van der Waals surface area contributed by atoms with Gasteiger partial charge in [-0.1, -0.05) is 34.8 Å². The molecule has 0 saturated carbocycles. The van der Waals surface area contributed by atoms with Crippen molar-refractivity contribution in [3.05, 3.63) is 63.7 Å². The summed E-state index contributed by atoms with van der Waals surface area (Å²) in [6, 6.07) is 12.1. The molecule has 3 rings (SSSR count). The molecule has 0 amide bonds. The van der Waals surface area contributed by atoms with E-state index in [2.05, 4.69) is 20.6 Å². The Balaban J connectivity index is 1.83. The molecule has 5 nitrogen and oxygen atoms in total. The maximum Gasteiger partial charge on any atom is 0.229 e. The molecular formula is C17H13Cl3N4O. The Morgan fingerprint density at radius 3 is 2.36 bits per heavy atom. The Labute approximate surface area is 159 Å². The lowest BCUT2D eigenvalue weighted by Gasteiger charge is -2.12. The Morgan fingerprint density at radius 2 is 1.64 bits per heavy atom. The molecule has 8 heteroatoms. The van der Waals surface area contributed by atoms with Crippen molar-refractivity contribution in [1.29, 1.82) is 0 Å². The van der Waals surface area contributed by atoms with E-state index < -0.39 is 0 Å². The number of hydrogen-bond acceptors (Lipinski definition) is 5. The Morgan fingerprint density at radius 1 is 0.880 bits per heavy atom. The minimum Gasteiger partial charge on any atom is -0.495 e. The SMILES string of the molecule is COc1ccc(Cl)cc1Nc1nccc(Nc2cc(Cl)cc(Cl)c2)n1. The summed E-state index contributed by atoms with van der Waals surface area (Å²) in [7, 11) is 1.58. The zero-order valence-corrected chi connectivity index (χ0v) is 15.3. The van der Waals surface area contributed by atoms with E-state index in [-0.39, 0.29) is 0 Å². The molecule has 0 bridgehead atoms. The van der Waals surface area contributed by atoms with E-state index in [4.69, 9.17) is 39.5 Å². The molecule has 0 spiro atoms. The highest BCUT2D eigenvalue weighted by Crippen LogP contribution is 2.30. The van der Waals surface area contributed by atoms with Crippen molar-refractivity contribution >= 4 is 57.9 Å². The predicted octanol–water partition coefficient (Wildman–Crippen LogP) is 5.93. The van der Waals surface area contributed by atoms with Gasteiger partial charge in [0.1, 0.15) is 11.6 Å². The van der Waals surface area contributed by atoms with Crippen LogP contribution in [-0.4, -0.2) is 17.1 Å². The lowest BCUT2D eigenvalue weighted by Crippen LogP contribution is -2.01. The van der Waals surface area contributed by atoms with E-state index in [9.17, 15) is 0 Å². The summed E-state index contributed by atoms with van der Waals surface area (Å²) in [5.74, 6) is 1.60. The predicted molar refractivity (Wildman–Crippen MR) is 103 cm³/mol. The Hall–Kier alpha value is -2.21. The summed E-state index contributed by atoms with van der Waals surface area (Å²) in [6.45, 7) is 0. The van der Waals surface area contributed by atoms with Crippen LogP contribution in [0.4, 0.5) is 23.1 Å². The average molecular weight is 396 g/mol. The third-order valence-corrected chi connectivity index (χ3v) is 3.87. The smallest absolute Gasteiger partial charge is 0.229 e. The van der Waals surface area contributed by atoms with Crippen molar-refractivity contribution in [1.82, 2.24) is 9.97 Å². The number of nitrogens with zero attached hydrogens (tertiary/aromatic N) is 2. The zero-order valence-electron chi connectivity index (χ0n) is 13.1. The van der Waals surface area contributed by atoms with Gasteiger partial charge in [0.25, 0.3) is 0 Å². The van der Waals surface area contributed by atoms with E-state index >= 15 is 0 Å². The number of methoxy groups -OCH3 is 1. The molecule has 0 atom stereocenters. The molecule has 0 saturated heterocycles. The van der Waals surface area contributed by atoms with Crippen molar-refractivity contribution in [3.8, 4) is 5.75 Å². The summed E-state index contributed by atoms with van der Waals surface area (Å²) < 4.78 is 5.30. The lowest BCUT2D eigenvalue weighted by atomic mass is 10.3. The molecule has 128 valence electrons. The summed E-state index contributed by atoms with van der Waals surface area (Å²) in [6.07, 6.45) is 1.63. The van der Waals surface area contributed by atoms with Crippen LogP contribution < -0.4 is 15.4 Å². The number of rotatable bonds is 5. The summed E-state index contributed by atoms with van der Waals surface area (Å²) in [5, 5.41) is 7.87. The highest BCUT2D eigenvalue weighted by Gasteiger charge is 2.07.